The van der Waals surface area contributed by atoms with Crippen LogP contribution in [0, 0.1) is 5.41 Å². The summed E-state index contributed by atoms with van der Waals surface area (Å²) in [6.07, 6.45) is 0. The molecule has 1 aromatic carbocycles. The maximum absolute atomic E-state index is 12.1. The van der Waals surface area contributed by atoms with Crippen LogP contribution in [0.15, 0.2) is 30.3 Å². The lowest BCUT2D eigenvalue weighted by atomic mass is 9.88. The molecule has 1 heterocycles. The number of ether oxygens (including phenoxy) is 1. The van der Waals surface area contributed by atoms with E-state index in [1.54, 1.807) is 6.92 Å². The van der Waals surface area contributed by atoms with Crippen molar-refractivity contribution in [3.05, 3.63) is 35.9 Å². The highest BCUT2D eigenvalue weighted by molar-refractivity contribution is 6.43. The Kier molecular flexibility index (Phi) is 3.88. The van der Waals surface area contributed by atoms with E-state index in [1.807, 2.05) is 30.3 Å². The first-order chi connectivity index (χ1) is 9.49. The molecule has 0 spiro atoms. The van der Waals surface area contributed by atoms with Crippen molar-refractivity contribution in [1.82, 2.24) is 4.90 Å². The molecule has 20 heavy (non-hydrogen) atoms. The number of hydrogen-bond donors (Lipinski definition) is 0. The molecule has 1 aromatic rings. The Bertz CT molecular complexity index is 540. The fourth-order valence-electron chi connectivity index (χ4n) is 2.28. The topological polar surface area (TPSA) is 63.7 Å². The highest BCUT2D eigenvalue weighted by atomic mass is 16.5. The molecule has 1 aliphatic rings. The van der Waals surface area contributed by atoms with Crippen LogP contribution in [0.2, 0.25) is 0 Å². The van der Waals surface area contributed by atoms with Crippen LogP contribution in [0.3, 0.4) is 0 Å². The summed E-state index contributed by atoms with van der Waals surface area (Å²) >= 11 is 0. The van der Waals surface area contributed by atoms with Crippen molar-refractivity contribution < 1.29 is 19.1 Å². The Labute approximate surface area is 117 Å². The molecule has 2 rings (SSSR count). The SMILES string of the molecule is CCOC(=O)C1(C)CN(Cc2ccccc2)C(=O)C1=O. The Balaban J connectivity index is 2.17. The second kappa shape index (κ2) is 5.45. The smallest absolute Gasteiger partial charge is 0.321 e. The largest absolute Gasteiger partial charge is 0.465 e. The molecule has 0 saturated carbocycles. The standard InChI is InChI=1S/C15H17NO4/c1-3-20-14(19)15(2)10-16(13(18)12(15)17)9-11-7-5-4-6-8-11/h4-8H,3,9-10H2,1-2H3. The fraction of sp³-hybridized carbons (Fsp3) is 0.400. The van der Waals surface area contributed by atoms with E-state index in [4.69, 9.17) is 4.74 Å². The number of amides is 1. The van der Waals surface area contributed by atoms with Gasteiger partial charge >= 0.3 is 5.97 Å². The van der Waals surface area contributed by atoms with Gasteiger partial charge in [-0.15, -0.1) is 0 Å². The molecule has 0 aliphatic carbocycles. The second-order valence-electron chi connectivity index (χ2n) is 5.03. The normalized spacial score (nSPS) is 22.2. The molecule has 1 amide bonds. The first-order valence-electron chi connectivity index (χ1n) is 6.54. The fourth-order valence-corrected chi connectivity index (χ4v) is 2.28. The number of nitrogens with zero attached hydrogens (tertiary/aromatic N) is 1. The van der Waals surface area contributed by atoms with Crippen LogP contribution in [-0.2, 0) is 25.7 Å². The first kappa shape index (κ1) is 14.2. The molecule has 0 aromatic heterocycles. The van der Waals surface area contributed by atoms with Gasteiger partial charge in [0.15, 0.2) is 5.41 Å². The van der Waals surface area contributed by atoms with Gasteiger partial charge in [0.05, 0.1) is 6.61 Å². The number of esters is 1. The molecule has 5 nitrogen and oxygen atoms in total. The number of benzene rings is 1. The number of carbonyl (C=O) groups excluding carboxylic acids is 3. The van der Waals surface area contributed by atoms with Crippen LogP contribution in [0.4, 0.5) is 0 Å². The van der Waals surface area contributed by atoms with Crippen molar-refractivity contribution in [2.75, 3.05) is 13.2 Å². The van der Waals surface area contributed by atoms with Crippen LogP contribution in [-0.4, -0.2) is 35.7 Å². The van der Waals surface area contributed by atoms with Gasteiger partial charge in [-0.3, -0.25) is 14.4 Å². The third-order valence-electron chi connectivity index (χ3n) is 3.43. The van der Waals surface area contributed by atoms with E-state index in [2.05, 4.69) is 0 Å². The van der Waals surface area contributed by atoms with Gasteiger partial charge in [-0.1, -0.05) is 30.3 Å². The Hall–Kier alpha value is -2.17. The van der Waals surface area contributed by atoms with E-state index in [-0.39, 0.29) is 13.2 Å². The summed E-state index contributed by atoms with van der Waals surface area (Å²) in [5.74, 6) is -1.94. The van der Waals surface area contributed by atoms with Gasteiger partial charge in [-0.2, -0.15) is 0 Å². The molecular weight excluding hydrogens is 258 g/mol. The second-order valence-corrected chi connectivity index (χ2v) is 5.03. The van der Waals surface area contributed by atoms with Gasteiger partial charge in [0.1, 0.15) is 0 Å². The zero-order valence-electron chi connectivity index (χ0n) is 11.6. The minimum atomic E-state index is -1.39. The Morgan fingerprint density at radius 3 is 2.55 bits per heavy atom. The van der Waals surface area contributed by atoms with E-state index in [9.17, 15) is 14.4 Å². The summed E-state index contributed by atoms with van der Waals surface area (Å²) in [6.45, 7) is 3.72. The van der Waals surface area contributed by atoms with Crippen LogP contribution in [0.25, 0.3) is 0 Å². The third kappa shape index (κ3) is 2.43. The molecule has 1 aliphatic heterocycles. The summed E-state index contributed by atoms with van der Waals surface area (Å²) in [5, 5.41) is 0. The summed E-state index contributed by atoms with van der Waals surface area (Å²) in [4.78, 5) is 37.4. The molecule has 0 bridgehead atoms. The quantitative estimate of drug-likeness (QED) is 0.470. The molecule has 1 saturated heterocycles. The van der Waals surface area contributed by atoms with E-state index in [0.29, 0.717) is 6.54 Å². The van der Waals surface area contributed by atoms with Crippen LogP contribution < -0.4 is 0 Å². The van der Waals surface area contributed by atoms with E-state index in [1.165, 1.54) is 11.8 Å². The molecule has 1 atom stereocenters. The van der Waals surface area contributed by atoms with Crippen LogP contribution >= 0.6 is 0 Å². The summed E-state index contributed by atoms with van der Waals surface area (Å²) in [7, 11) is 0. The van der Waals surface area contributed by atoms with Gasteiger partial charge in [0.2, 0.25) is 5.78 Å². The van der Waals surface area contributed by atoms with Gasteiger partial charge in [0.25, 0.3) is 5.91 Å². The van der Waals surface area contributed by atoms with E-state index < -0.39 is 23.1 Å². The average molecular weight is 275 g/mol. The maximum atomic E-state index is 12.1. The van der Waals surface area contributed by atoms with Gasteiger partial charge in [-0.25, -0.2) is 0 Å². The van der Waals surface area contributed by atoms with Gasteiger partial charge in [-0.05, 0) is 19.4 Å². The van der Waals surface area contributed by atoms with E-state index in [0.717, 1.165) is 5.56 Å². The Morgan fingerprint density at radius 2 is 1.95 bits per heavy atom. The summed E-state index contributed by atoms with van der Waals surface area (Å²) < 4.78 is 4.91. The average Bonchev–Trinajstić information content (AvgIpc) is 2.66. The minimum Gasteiger partial charge on any atom is -0.465 e. The lowest BCUT2D eigenvalue weighted by Gasteiger charge is -2.20. The number of likely N-dealkylation sites (tertiary alicyclic amines) is 1. The number of Topliss-reactive ketones (excluding diaryl/α,β-unsaturated/α-hetero) is 1. The predicted octanol–water partition coefficient (Wildman–Crippen LogP) is 1.17. The number of carbonyl (C=O) groups is 3. The number of rotatable bonds is 4. The van der Waals surface area contributed by atoms with Crippen molar-refractivity contribution >= 4 is 17.7 Å². The molecule has 5 heteroatoms. The number of ketones is 1. The van der Waals surface area contributed by atoms with Crippen LogP contribution in [0.1, 0.15) is 19.4 Å². The van der Waals surface area contributed by atoms with Crippen molar-refractivity contribution in [3.8, 4) is 0 Å². The lowest BCUT2D eigenvalue weighted by molar-refractivity contribution is -0.158. The predicted molar refractivity (Wildman–Crippen MR) is 71.6 cm³/mol. The first-order valence-corrected chi connectivity index (χ1v) is 6.54. The highest BCUT2D eigenvalue weighted by Crippen LogP contribution is 2.30. The maximum Gasteiger partial charge on any atom is 0.321 e. The summed E-state index contributed by atoms with van der Waals surface area (Å²) in [6, 6.07) is 9.35. The van der Waals surface area contributed by atoms with Crippen molar-refractivity contribution in [3.63, 3.8) is 0 Å². The monoisotopic (exact) mass is 275 g/mol. The van der Waals surface area contributed by atoms with Crippen molar-refractivity contribution in [1.29, 1.82) is 0 Å². The molecule has 106 valence electrons. The molecule has 0 radical (unpaired) electrons. The molecule has 0 N–H and O–H groups in total. The minimum absolute atomic E-state index is 0.0679. The van der Waals surface area contributed by atoms with E-state index >= 15 is 0 Å². The zero-order chi connectivity index (χ0) is 14.8. The van der Waals surface area contributed by atoms with Crippen LogP contribution in [0.5, 0.6) is 0 Å². The molecular formula is C15H17NO4. The van der Waals surface area contributed by atoms with Crippen molar-refractivity contribution in [2.24, 2.45) is 5.41 Å². The Morgan fingerprint density at radius 1 is 1.30 bits per heavy atom. The van der Waals surface area contributed by atoms with Gasteiger partial charge in [0, 0.05) is 13.1 Å². The summed E-state index contributed by atoms with van der Waals surface area (Å²) in [5.41, 5.74) is -0.469. The number of hydrogen-bond acceptors (Lipinski definition) is 4. The van der Waals surface area contributed by atoms with Gasteiger partial charge < -0.3 is 9.64 Å². The zero-order valence-corrected chi connectivity index (χ0v) is 11.6. The lowest BCUT2D eigenvalue weighted by Crippen LogP contribution is -2.38. The third-order valence-corrected chi connectivity index (χ3v) is 3.43. The molecule has 1 unspecified atom stereocenters. The van der Waals surface area contributed by atoms with Crippen molar-refractivity contribution in [2.45, 2.75) is 20.4 Å². The highest BCUT2D eigenvalue weighted by Gasteiger charge is 2.54. The molecule has 1 fully saturated rings.